The molecule has 0 fully saturated rings. The van der Waals surface area contributed by atoms with E-state index in [0.717, 1.165) is 39.8 Å². The van der Waals surface area contributed by atoms with Crippen molar-refractivity contribution in [3.63, 3.8) is 0 Å². The van der Waals surface area contributed by atoms with Crippen LogP contribution in [0.15, 0.2) is 70.3 Å². The molecule has 1 N–H and O–H groups in total. The fourth-order valence-electron chi connectivity index (χ4n) is 3.20. The number of para-hydroxylation sites is 1. The van der Waals surface area contributed by atoms with Gasteiger partial charge in [0, 0.05) is 6.54 Å². The average Bonchev–Trinajstić information content (AvgIpc) is 3.36. The number of carbonyl (C=O) groups excluding carboxylic acids is 1. The van der Waals surface area contributed by atoms with E-state index in [1.165, 1.54) is 30.3 Å². The topological polar surface area (TPSA) is 75.7 Å². The van der Waals surface area contributed by atoms with Crippen LogP contribution in [0.5, 0.6) is 5.75 Å². The first-order valence-electron chi connectivity index (χ1n) is 10.7. The third-order valence-corrected chi connectivity index (χ3v) is 7.97. The van der Waals surface area contributed by atoms with Crippen molar-refractivity contribution in [3.05, 3.63) is 77.4 Å². The van der Waals surface area contributed by atoms with Gasteiger partial charge in [0.2, 0.25) is 5.91 Å². The Morgan fingerprint density at radius 1 is 1.09 bits per heavy atom. The van der Waals surface area contributed by atoms with E-state index in [-0.39, 0.29) is 9.90 Å². The molecule has 1 aromatic heterocycles. The molecule has 0 aliphatic carbocycles. The van der Waals surface area contributed by atoms with E-state index in [0.29, 0.717) is 19.6 Å². The van der Waals surface area contributed by atoms with Crippen LogP contribution in [0.2, 0.25) is 0 Å². The molecule has 33 heavy (non-hydrogen) atoms. The summed E-state index contributed by atoms with van der Waals surface area (Å²) in [5.41, 5.74) is 1.29. The first-order valence-corrected chi connectivity index (χ1v) is 13.0. The van der Waals surface area contributed by atoms with Gasteiger partial charge in [-0.1, -0.05) is 31.2 Å². The molecule has 0 saturated heterocycles. The number of rotatable bonds is 12. The molecular formula is C24H27FN2O4S2. The summed E-state index contributed by atoms with van der Waals surface area (Å²) in [6, 6.07) is 15.9. The predicted octanol–water partition coefficient (Wildman–Crippen LogP) is 4.62. The van der Waals surface area contributed by atoms with Crippen molar-refractivity contribution in [1.82, 2.24) is 5.32 Å². The fraction of sp³-hybridized carbons (Fsp3) is 0.292. The summed E-state index contributed by atoms with van der Waals surface area (Å²) >= 11 is 1.06. The lowest BCUT2D eigenvalue weighted by atomic mass is 10.1. The number of carbonyl (C=O) groups is 1. The lowest BCUT2D eigenvalue weighted by molar-refractivity contribution is -0.119. The highest BCUT2D eigenvalue weighted by Crippen LogP contribution is 2.26. The summed E-state index contributed by atoms with van der Waals surface area (Å²) in [4.78, 5) is 12.6. The van der Waals surface area contributed by atoms with Gasteiger partial charge in [0.15, 0.2) is 0 Å². The van der Waals surface area contributed by atoms with Gasteiger partial charge in [-0.25, -0.2) is 12.8 Å². The molecule has 3 rings (SSSR count). The van der Waals surface area contributed by atoms with Crippen LogP contribution in [0.1, 0.15) is 25.3 Å². The van der Waals surface area contributed by atoms with Gasteiger partial charge in [0.25, 0.3) is 10.0 Å². The van der Waals surface area contributed by atoms with E-state index in [1.807, 2.05) is 31.2 Å². The van der Waals surface area contributed by atoms with Crippen LogP contribution in [0.25, 0.3) is 0 Å². The van der Waals surface area contributed by atoms with Crippen LogP contribution in [0, 0.1) is 5.82 Å². The molecule has 0 radical (unpaired) electrons. The number of ether oxygens (including phenoxy) is 1. The molecule has 9 heteroatoms. The van der Waals surface area contributed by atoms with Crippen molar-refractivity contribution in [2.75, 3.05) is 24.0 Å². The standard InChI is InChI=1S/C24H27FN2O4S2/c1-2-16-31-22-9-4-3-7-19(22)8-5-15-26-23(28)18-27(21-13-11-20(25)12-14-21)33(29,30)24-10-6-17-32-24/h3-4,6-7,9-14,17H,2,5,8,15-16,18H2,1H3,(H,26,28). The number of thiophene rings is 1. The Bertz CT molecular complexity index is 1130. The van der Waals surface area contributed by atoms with Gasteiger partial charge < -0.3 is 10.1 Å². The largest absolute Gasteiger partial charge is 0.493 e. The molecule has 1 amide bonds. The Morgan fingerprint density at radius 2 is 1.85 bits per heavy atom. The molecule has 1 heterocycles. The maximum atomic E-state index is 13.4. The third-order valence-electron chi connectivity index (χ3n) is 4.82. The molecule has 0 spiro atoms. The molecular weight excluding hydrogens is 463 g/mol. The maximum Gasteiger partial charge on any atom is 0.274 e. The monoisotopic (exact) mass is 490 g/mol. The van der Waals surface area contributed by atoms with Gasteiger partial charge in [-0.05, 0) is 66.6 Å². The summed E-state index contributed by atoms with van der Waals surface area (Å²) < 4.78 is 46.5. The zero-order valence-electron chi connectivity index (χ0n) is 18.4. The number of nitrogens with one attached hydrogen (secondary N) is 1. The van der Waals surface area contributed by atoms with E-state index in [1.54, 1.807) is 11.4 Å². The lowest BCUT2D eigenvalue weighted by Crippen LogP contribution is -2.41. The Hall–Kier alpha value is -2.91. The summed E-state index contributed by atoms with van der Waals surface area (Å²) in [5, 5.41) is 4.44. The second-order valence-electron chi connectivity index (χ2n) is 7.33. The fourth-order valence-corrected chi connectivity index (χ4v) is 5.72. The minimum Gasteiger partial charge on any atom is -0.493 e. The maximum absolute atomic E-state index is 13.4. The van der Waals surface area contributed by atoms with E-state index in [4.69, 9.17) is 4.74 Å². The SMILES string of the molecule is CCCOc1ccccc1CCCNC(=O)CN(c1ccc(F)cc1)S(=O)(=O)c1cccs1. The zero-order valence-corrected chi connectivity index (χ0v) is 20.0. The Balaban J connectivity index is 1.62. The smallest absolute Gasteiger partial charge is 0.274 e. The summed E-state index contributed by atoms with van der Waals surface area (Å²) in [6.07, 6.45) is 2.31. The van der Waals surface area contributed by atoms with Crippen LogP contribution in [0.3, 0.4) is 0 Å². The Morgan fingerprint density at radius 3 is 2.55 bits per heavy atom. The first kappa shape index (κ1) is 24.7. The molecule has 0 saturated carbocycles. The molecule has 0 atom stereocenters. The van der Waals surface area contributed by atoms with Crippen LogP contribution in [-0.2, 0) is 21.2 Å². The van der Waals surface area contributed by atoms with Crippen molar-refractivity contribution < 1.29 is 22.3 Å². The molecule has 3 aromatic rings. The number of anilines is 1. The van der Waals surface area contributed by atoms with Crippen LogP contribution in [-0.4, -0.2) is 34.0 Å². The highest BCUT2D eigenvalue weighted by molar-refractivity contribution is 7.94. The Labute approximate surface area is 198 Å². The van der Waals surface area contributed by atoms with Crippen LogP contribution in [0.4, 0.5) is 10.1 Å². The molecule has 2 aromatic carbocycles. The predicted molar refractivity (Wildman–Crippen MR) is 129 cm³/mol. The highest BCUT2D eigenvalue weighted by Gasteiger charge is 2.28. The number of hydrogen-bond acceptors (Lipinski definition) is 5. The molecule has 0 aliphatic rings. The van der Waals surface area contributed by atoms with Crippen molar-refractivity contribution in [3.8, 4) is 5.75 Å². The third kappa shape index (κ3) is 6.79. The normalized spacial score (nSPS) is 11.2. The number of sulfonamides is 1. The molecule has 6 nitrogen and oxygen atoms in total. The molecule has 0 bridgehead atoms. The number of halogens is 1. The van der Waals surface area contributed by atoms with Gasteiger partial charge in [-0.2, -0.15) is 0 Å². The average molecular weight is 491 g/mol. The lowest BCUT2D eigenvalue weighted by Gasteiger charge is -2.23. The van der Waals surface area contributed by atoms with Crippen molar-refractivity contribution in [1.29, 1.82) is 0 Å². The summed E-state index contributed by atoms with van der Waals surface area (Å²) in [5.74, 6) is -0.0787. The van der Waals surface area contributed by atoms with E-state index >= 15 is 0 Å². The summed E-state index contributed by atoms with van der Waals surface area (Å²) in [7, 11) is -3.95. The van der Waals surface area contributed by atoms with Gasteiger partial charge in [-0.15, -0.1) is 11.3 Å². The number of amides is 1. The quantitative estimate of drug-likeness (QED) is 0.376. The van der Waals surface area contributed by atoms with Gasteiger partial charge in [0.05, 0.1) is 12.3 Å². The minimum absolute atomic E-state index is 0.114. The number of benzene rings is 2. The molecule has 0 unspecified atom stereocenters. The van der Waals surface area contributed by atoms with Crippen molar-refractivity contribution in [2.45, 2.75) is 30.4 Å². The molecule has 0 aliphatic heterocycles. The second-order valence-corrected chi connectivity index (χ2v) is 10.4. The van der Waals surface area contributed by atoms with Gasteiger partial charge in [-0.3, -0.25) is 9.10 Å². The van der Waals surface area contributed by atoms with E-state index in [9.17, 15) is 17.6 Å². The van der Waals surface area contributed by atoms with Gasteiger partial charge >= 0.3 is 0 Å². The first-order chi connectivity index (χ1) is 15.9. The van der Waals surface area contributed by atoms with E-state index in [2.05, 4.69) is 5.32 Å². The number of hydrogen-bond donors (Lipinski definition) is 1. The zero-order chi connectivity index (χ0) is 23.7. The minimum atomic E-state index is -3.95. The summed E-state index contributed by atoms with van der Waals surface area (Å²) in [6.45, 7) is 2.68. The van der Waals surface area contributed by atoms with Gasteiger partial charge in [0.1, 0.15) is 22.3 Å². The number of aryl methyl sites for hydroxylation is 1. The number of nitrogens with zero attached hydrogens (tertiary/aromatic N) is 1. The van der Waals surface area contributed by atoms with Crippen molar-refractivity contribution >= 4 is 33.0 Å². The Kier molecular flexibility index (Phi) is 8.85. The molecule has 176 valence electrons. The van der Waals surface area contributed by atoms with Crippen molar-refractivity contribution in [2.24, 2.45) is 0 Å². The highest BCUT2D eigenvalue weighted by atomic mass is 32.2. The second kappa shape index (κ2) is 11.8. The van der Waals surface area contributed by atoms with Crippen LogP contribution < -0.4 is 14.4 Å². The van der Waals surface area contributed by atoms with Crippen LogP contribution >= 0.6 is 11.3 Å². The van der Waals surface area contributed by atoms with E-state index < -0.39 is 28.3 Å².